The molecule has 0 aliphatic carbocycles. The smallest absolute Gasteiger partial charge is 0.347 e. The van der Waals surface area contributed by atoms with Crippen LogP contribution in [0.4, 0.5) is 0 Å². The lowest BCUT2D eigenvalue weighted by molar-refractivity contribution is -0.180. The molecule has 0 N–H and O–H groups in total. The van der Waals surface area contributed by atoms with Gasteiger partial charge in [-0.1, -0.05) is 53.2 Å². The summed E-state index contributed by atoms with van der Waals surface area (Å²) in [6, 6.07) is 9.22. The van der Waals surface area contributed by atoms with E-state index in [1.165, 1.54) is 0 Å². The Morgan fingerprint density at radius 1 is 1.13 bits per heavy atom. The third kappa shape index (κ3) is 8.13. The summed E-state index contributed by atoms with van der Waals surface area (Å²) in [5.74, 6) is -1.50. The zero-order chi connectivity index (χ0) is 17.5. The molecular weight excluding hydrogens is 364 g/mol. The van der Waals surface area contributed by atoms with Gasteiger partial charge in [-0.2, -0.15) is 0 Å². The van der Waals surface area contributed by atoms with E-state index in [1.807, 2.05) is 37.3 Å². The van der Waals surface area contributed by atoms with E-state index in [0.717, 1.165) is 5.56 Å². The molecule has 0 amide bonds. The first kappa shape index (κ1) is 19.6. The summed E-state index contributed by atoms with van der Waals surface area (Å²) < 4.78 is 15.8. The van der Waals surface area contributed by atoms with E-state index in [4.69, 9.17) is 14.2 Å². The van der Waals surface area contributed by atoms with Crippen LogP contribution in [0, 0.1) is 0 Å². The van der Waals surface area contributed by atoms with E-state index in [1.54, 1.807) is 20.8 Å². The van der Waals surface area contributed by atoms with Crippen molar-refractivity contribution in [3.8, 4) is 0 Å². The van der Waals surface area contributed by atoms with Crippen LogP contribution >= 0.6 is 15.9 Å². The molecule has 6 heteroatoms. The van der Waals surface area contributed by atoms with Gasteiger partial charge in [0.25, 0.3) is 6.10 Å². The summed E-state index contributed by atoms with van der Waals surface area (Å²) in [4.78, 5) is 24.3. The van der Waals surface area contributed by atoms with Crippen LogP contribution in [0.2, 0.25) is 0 Å². The van der Waals surface area contributed by atoms with Crippen molar-refractivity contribution in [2.24, 2.45) is 0 Å². The number of ether oxygens (including phenoxy) is 3. The van der Waals surface area contributed by atoms with Crippen molar-refractivity contribution < 1.29 is 23.8 Å². The normalized spacial score (nSPS) is 14.0. The molecule has 0 bridgehead atoms. The predicted molar refractivity (Wildman–Crippen MR) is 90.2 cm³/mol. The van der Waals surface area contributed by atoms with Gasteiger partial charge in [0.1, 0.15) is 12.2 Å². The summed E-state index contributed by atoms with van der Waals surface area (Å²) in [6.45, 7) is 7.29. The number of halogens is 1. The molecule has 0 saturated heterocycles. The molecule has 1 rings (SSSR count). The molecular formula is C17H23BrO5. The molecule has 0 radical (unpaired) electrons. The van der Waals surface area contributed by atoms with E-state index in [9.17, 15) is 9.59 Å². The molecule has 0 fully saturated rings. The topological polar surface area (TPSA) is 61.8 Å². The molecule has 0 spiro atoms. The van der Waals surface area contributed by atoms with E-state index in [2.05, 4.69) is 15.9 Å². The van der Waals surface area contributed by atoms with Gasteiger partial charge >= 0.3 is 11.9 Å². The summed E-state index contributed by atoms with van der Waals surface area (Å²) in [7, 11) is 0. The first-order chi connectivity index (χ1) is 10.7. The van der Waals surface area contributed by atoms with Gasteiger partial charge in [-0.15, -0.1) is 0 Å². The monoisotopic (exact) mass is 386 g/mol. The molecule has 1 aromatic rings. The molecule has 0 aromatic heterocycles. The fourth-order valence-electron chi connectivity index (χ4n) is 1.62. The Morgan fingerprint density at radius 3 is 2.26 bits per heavy atom. The van der Waals surface area contributed by atoms with Crippen molar-refractivity contribution in [2.45, 2.75) is 50.8 Å². The molecule has 1 aromatic carbocycles. The Bertz CT molecular complexity index is 507. The SMILES string of the molecule is C[C@@H](Br)COC(C(=O)OCc1ccccc1)C(=O)OC(C)(C)C. The van der Waals surface area contributed by atoms with Crippen molar-refractivity contribution in [3.63, 3.8) is 0 Å². The van der Waals surface area contributed by atoms with Crippen LogP contribution in [0.25, 0.3) is 0 Å². The highest BCUT2D eigenvalue weighted by molar-refractivity contribution is 9.09. The van der Waals surface area contributed by atoms with Gasteiger partial charge < -0.3 is 14.2 Å². The van der Waals surface area contributed by atoms with Gasteiger partial charge in [0.15, 0.2) is 0 Å². The Morgan fingerprint density at radius 2 is 1.74 bits per heavy atom. The van der Waals surface area contributed by atoms with Crippen LogP contribution in [0.1, 0.15) is 33.3 Å². The summed E-state index contributed by atoms with van der Waals surface area (Å²) >= 11 is 3.31. The number of hydrogen-bond acceptors (Lipinski definition) is 5. The maximum absolute atomic E-state index is 12.2. The van der Waals surface area contributed by atoms with Gasteiger partial charge in [-0.25, -0.2) is 9.59 Å². The first-order valence-electron chi connectivity index (χ1n) is 7.38. The standard InChI is InChI=1S/C17H23BrO5/c1-12(18)10-21-14(16(20)23-17(2,3)4)15(19)22-11-13-8-6-5-7-9-13/h5-9,12,14H,10-11H2,1-4H3/t12-,14?/m1/s1. The van der Waals surface area contributed by atoms with Gasteiger partial charge in [-0.05, 0) is 26.3 Å². The quantitative estimate of drug-likeness (QED) is 0.408. The van der Waals surface area contributed by atoms with Crippen molar-refractivity contribution >= 4 is 27.9 Å². The Hall–Kier alpha value is -1.40. The van der Waals surface area contributed by atoms with Gasteiger partial charge in [-0.3, -0.25) is 0 Å². The fourth-order valence-corrected chi connectivity index (χ4v) is 1.77. The number of benzene rings is 1. The van der Waals surface area contributed by atoms with Gasteiger partial charge in [0.05, 0.1) is 6.61 Å². The third-order valence-corrected chi connectivity index (χ3v) is 2.82. The summed E-state index contributed by atoms with van der Waals surface area (Å²) in [5.41, 5.74) is 0.121. The van der Waals surface area contributed by atoms with E-state index < -0.39 is 23.6 Å². The minimum atomic E-state index is -1.39. The van der Waals surface area contributed by atoms with E-state index in [-0.39, 0.29) is 18.0 Å². The fraction of sp³-hybridized carbons (Fsp3) is 0.529. The maximum atomic E-state index is 12.2. The van der Waals surface area contributed by atoms with Crippen molar-refractivity contribution in [3.05, 3.63) is 35.9 Å². The molecule has 128 valence electrons. The third-order valence-electron chi connectivity index (χ3n) is 2.55. The van der Waals surface area contributed by atoms with Crippen LogP contribution in [-0.2, 0) is 30.4 Å². The number of alkyl halides is 1. The second kappa shape index (κ2) is 9.03. The molecule has 1 unspecified atom stereocenters. The lowest BCUT2D eigenvalue weighted by atomic mass is 10.2. The van der Waals surface area contributed by atoms with E-state index >= 15 is 0 Å². The van der Waals surface area contributed by atoms with Crippen LogP contribution in [0.15, 0.2) is 30.3 Å². The van der Waals surface area contributed by atoms with Crippen molar-refractivity contribution in [1.29, 1.82) is 0 Å². The van der Waals surface area contributed by atoms with Gasteiger partial charge in [0, 0.05) is 4.83 Å². The highest BCUT2D eigenvalue weighted by Gasteiger charge is 2.34. The number of carbonyl (C=O) groups excluding carboxylic acids is 2. The highest BCUT2D eigenvalue weighted by Crippen LogP contribution is 2.13. The molecule has 0 heterocycles. The van der Waals surface area contributed by atoms with Crippen molar-refractivity contribution in [2.75, 3.05) is 6.61 Å². The van der Waals surface area contributed by atoms with Crippen LogP contribution < -0.4 is 0 Å². The summed E-state index contributed by atoms with van der Waals surface area (Å²) in [5, 5.41) is 0. The Balaban J connectivity index is 2.69. The van der Waals surface area contributed by atoms with Crippen LogP contribution in [-0.4, -0.2) is 35.1 Å². The number of esters is 2. The summed E-state index contributed by atoms with van der Waals surface area (Å²) in [6.07, 6.45) is -1.39. The molecule has 2 atom stereocenters. The first-order valence-corrected chi connectivity index (χ1v) is 8.29. The maximum Gasteiger partial charge on any atom is 0.347 e. The lowest BCUT2D eigenvalue weighted by Crippen LogP contribution is -2.40. The van der Waals surface area contributed by atoms with Crippen molar-refractivity contribution in [1.82, 2.24) is 0 Å². The second-order valence-corrected chi connectivity index (χ2v) is 7.68. The van der Waals surface area contributed by atoms with Crippen LogP contribution in [0.3, 0.4) is 0 Å². The average Bonchev–Trinajstić information content (AvgIpc) is 2.44. The molecule has 0 aliphatic rings. The molecule has 23 heavy (non-hydrogen) atoms. The number of rotatable bonds is 7. The zero-order valence-corrected chi connectivity index (χ0v) is 15.5. The van der Waals surface area contributed by atoms with Gasteiger partial charge in [0.2, 0.25) is 0 Å². The minimum absolute atomic E-state index is 0.00522. The Kier molecular flexibility index (Phi) is 7.72. The minimum Gasteiger partial charge on any atom is -0.458 e. The largest absolute Gasteiger partial charge is 0.458 e. The second-order valence-electron chi connectivity index (χ2n) is 6.12. The average molecular weight is 387 g/mol. The molecule has 5 nitrogen and oxygen atoms in total. The number of hydrogen-bond donors (Lipinski definition) is 0. The lowest BCUT2D eigenvalue weighted by Gasteiger charge is -2.23. The van der Waals surface area contributed by atoms with Crippen LogP contribution in [0.5, 0.6) is 0 Å². The zero-order valence-electron chi connectivity index (χ0n) is 13.9. The molecule has 0 saturated carbocycles. The predicted octanol–water partition coefficient (Wildman–Crippen LogP) is 3.24. The molecule has 0 aliphatic heterocycles. The number of carbonyl (C=O) groups is 2. The van der Waals surface area contributed by atoms with E-state index in [0.29, 0.717) is 0 Å². The highest BCUT2D eigenvalue weighted by atomic mass is 79.9. The Labute approximate surface area is 145 Å².